The predicted molar refractivity (Wildman–Crippen MR) is 73.7 cm³/mol. The van der Waals surface area contributed by atoms with Crippen LogP contribution in [0.5, 0.6) is 0 Å². The number of hydrogen-bond donors (Lipinski definition) is 1. The second-order valence-corrected chi connectivity index (χ2v) is 4.79. The number of hydrogen-bond acceptors (Lipinski definition) is 3. The van der Waals surface area contributed by atoms with Crippen LogP contribution in [-0.4, -0.2) is 16.9 Å². The Morgan fingerprint density at radius 2 is 2.00 bits per heavy atom. The molecule has 0 unspecified atom stereocenters. The first-order valence-electron chi connectivity index (χ1n) is 6.37. The van der Waals surface area contributed by atoms with Crippen LogP contribution in [0.15, 0.2) is 34.7 Å². The van der Waals surface area contributed by atoms with E-state index in [0.717, 1.165) is 11.3 Å². The van der Waals surface area contributed by atoms with Gasteiger partial charge in [0.15, 0.2) is 0 Å². The van der Waals surface area contributed by atoms with E-state index in [2.05, 4.69) is 10.3 Å². The molecule has 0 aliphatic heterocycles. The van der Waals surface area contributed by atoms with E-state index in [0.29, 0.717) is 11.7 Å². The van der Waals surface area contributed by atoms with Crippen molar-refractivity contribution in [2.24, 2.45) is 0 Å². The van der Waals surface area contributed by atoms with Crippen molar-refractivity contribution < 1.29 is 9.21 Å². The van der Waals surface area contributed by atoms with Crippen LogP contribution in [-0.2, 0) is 11.2 Å². The molecule has 4 heteroatoms. The molecule has 4 nitrogen and oxygen atoms in total. The van der Waals surface area contributed by atoms with Crippen molar-refractivity contribution in [3.8, 4) is 11.5 Å². The lowest BCUT2D eigenvalue weighted by molar-refractivity contribution is -0.121. The number of aryl methyl sites for hydroxylation is 1. The average molecular weight is 258 g/mol. The molecule has 1 N–H and O–H groups in total. The Bertz CT molecular complexity index is 559. The molecule has 0 aliphatic carbocycles. The van der Waals surface area contributed by atoms with Crippen LogP contribution < -0.4 is 5.32 Å². The molecule has 2 rings (SSSR count). The summed E-state index contributed by atoms with van der Waals surface area (Å²) in [5, 5.41) is 2.84. The van der Waals surface area contributed by atoms with Gasteiger partial charge >= 0.3 is 0 Å². The van der Waals surface area contributed by atoms with Crippen LogP contribution in [0.1, 0.15) is 25.3 Å². The summed E-state index contributed by atoms with van der Waals surface area (Å²) < 4.78 is 5.68. The van der Waals surface area contributed by atoms with E-state index in [1.54, 1.807) is 0 Å². The van der Waals surface area contributed by atoms with Crippen LogP contribution in [0.4, 0.5) is 0 Å². The van der Waals surface area contributed by atoms with Gasteiger partial charge in [-0.25, -0.2) is 4.98 Å². The van der Waals surface area contributed by atoms with Gasteiger partial charge in [-0.1, -0.05) is 18.2 Å². The fraction of sp³-hybridized carbons (Fsp3) is 0.333. The highest BCUT2D eigenvalue weighted by Gasteiger charge is 2.14. The van der Waals surface area contributed by atoms with Crippen molar-refractivity contribution in [1.29, 1.82) is 0 Å². The summed E-state index contributed by atoms with van der Waals surface area (Å²) in [6.45, 7) is 5.72. The summed E-state index contributed by atoms with van der Waals surface area (Å²) >= 11 is 0. The zero-order valence-corrected chi connectivity index (χ0v) is 11.4. The lowest BCUT2D eigenvalue weighted by Crippen LogP contribution is -2.31. The Hall–Kier alpha value is -2.10. The summed E-state index contributed by atoms with van der Waals surface area (Å²) in [7, 11) is 0. The largest absolute Gasteiger partial charge is 0.440 e. The summed E-state index contributed by atoms with van der Waals surface area (Å²) in [6, 6.07) is 9.80. The Morgan fingerprint density at radius 3 is 2.63 bits per heavy atom. The lowest BCUT2D eigenvalue weighted by atomic mass is 10.2. The number of benzene rings is 1. The summed E-state index contributed by atoms with van der Waals surface area (Å²) in [5.41, 5.74) is 1.68. The quantitative estimate of drug-likeness (QED) is 0.917. The third kappa shape index (κ3) is 3.44. The van der Waals surface area contributed by atoms with Crippen LogP contribution in [0.3, 0.4) is 0 Å². The predicted octanol–water partition coefficient (Wildman–Crippen LogP) is 2.72. The van der Waals surface area contributed by atoms with E-state index >= 15 is 0 Å². The molecule has 2 aromatic rings. The Kier molecular flexibility index (Phi) is 4.00. The van der Waals surface area contributed by atoms with Crippen molar-refractivity contribution >= 4 is 5.91 Å². The zero-order chi connectivity index (χ0) is 13.8. The van der Waals surface area contributed by atoms with Gasteiger partial charge in [0, 0.05) is 11.6 Å². The van der Waals surface area contributed by atoms with Gasteiger partial charge in [0.05, 0.1) is 12.1 Å². The standard InChI is InChI=1S/C15H18N2O2/c1-10(2)16-14(18)9-13-11(3)17-15(19-13)12-7-5-4-6-8-12/h4-8,10H,9H2,1-3H3,(H,16,18). The van der Waals surface area contributed by atoms with Gasteiger partial charge in [-0.3, -0.25) is 4.79 Å². The molecule has 0 bridgehead atoms. The number of amides is 1. The maximum absolute atomic E-state index is 11.7. The van der Waals surface area contributed by atoms with Crippen LogP contribution in [0.25, 0.3) is 11.5 Å². The molecular weight excluding hydrogens is 240 g/mol. The van der Waals surface area contributed by atoms with E-state index in [9.17, 15) is 4.79 Å². The molecule has 0 saturated carbocycles. The third-order valence-corrected chi connectivity index (χ3v) is 2.68. The molecule has 1 aromatic heterocycles. The van der Waals surface area contributed by atoms with Crippen molar-refractivity contribution in [2.75, 3.05) is 0 Å². The van der Waals surface area contributed by atoms with Gasteiger partial charge in [0.2, 0.25) is 11.8 Å². The maximum atomic E-state index is 11.7. The molecule has 1 aromatic carbocycles. The summed E-state index contributed by atoms with van der Waals surface area (Å²) in [6.07, 6.45) is 0.226. The fourth-order valence-electron chi connectivity index (χ4n) is 1.82. The van der Waals surface area contributed by atoms with Crippen LogP contribution >= 0.6 is 0 Å². The van der Waals surface area contributed by atoms with Crippen LogP contribution in [0, 0.1) is 6.92 Å². The number of carbonyl (C=O) groups is 1. The second kappa shape index (κ2) is 5.69. The lowest BCUT2D eigenvalue weighted by Gasteiger charge is -2.06. The van der Waals surface area contributed by atoms with Gasteiger partial charge < -0.3 is 9.73 Å². The monoisotopic (exact) mass is 258 g/mol. The SMILES string of the molecule is Cc1nc(-c2ccccc2)oc1CC(=O)NC(C)C. The van der Waals surface area contributed by atoms with Crippen molar-refractivity contribution in [3.63, 3.8) is 0 Å². The molecule has 0 aliphatic rings. The number of nitrogens with one attached hydrogen (secondary N) is 1. The van der Waals surface area contributed by atoms with Gasteiger partial charge in [0.1, 0.15) is 5.76 Å². The molecule has 0 spiro atoms. The molecule has 0 atom stereocenters. The van der Waals surface area contributed by atoms with Crippen LogP contribution in [0.2, 0.25) is 0 Å². The Balaban J connectivity index is 2.16. The first kappa shape index (κ1) is 13.3. The molecule has 0 radical (unpaired) electrons. The smallest absolute Gasteiger partial charge is 0.227 e. The molecule has 100 valence electrons. The zero-order valence-electron chi connectivity index (χ0n) is 11.4. The van der Waals surface area contributed by atoms with Crippen molar-refractivity contribution in [3.05, 3.63) is 41.8 Å². The third-order valence-electron chi connectivity index (χ3n) is 2.68. The topological polar surface area (TPSA) is 55.1 Å². The first-order chi connectivity index (χ1) is 9.06. The highest BCUT2D eigenvalue weighted by molar-refractivity contribution is 5.78. The number of aromatic nitrogens is 1. The Labute approximate surface area is 112 Å². The molecule has 0 saturated heterocycles. The van der Waals surface area contributed by atoms with E-state index in [1.807, 2.05) is 51.1 Å². The minimum absolute atomic E-state index is 0.0474. The van der Waals surface area contributed by atoms with Gasteiger partial charge in [-0.05, 0) is 32.9 Å². The summed E-state index contributed by atoms with van der Waals surface area (Å²) in [4.78, 5) is 16.1. The van der Waals surface area contributed by atoms with Crippen molar-refractivity contribution in [2.45, 2.75) is 33.2 Å². The number of nitrogens with zero attached hydrogens (tertiary/aromatic N) is 1. The fourth-order valence-corrected chi connectivity index (χ4v) is 1.82. The molecule has 1 amide bonds. The first-order valence-corrected chi connectivity index (χ1v) is 6.37. The maximum Gasteiger partial charge on any atom is 0.227 e. The van der Waals surface area contributed by atoms with Gasteiger partial charge in [-0.15, -0.1) is 0 Å². The van der Waals surface area contributed by atoms with Gasteiger partial charge in [0.25, 0.3) is 0 Å². The normalized spacial score (nSPS) is 10.7. The number of carbonyl (C=O) groups excluding carboxylic acids is 1. The Morgan fingerprint density at radius 1 is 1.32 bits per heavy atom. The van der Waals surface area contributed by atoms with E-state index < -0.39 is 0 Å². The molecular formula is C15H18N2O2. The molecule has 0 fully saturated rings. The van der Waals surface area contributed by atoms with E-state index in [4.69, 9.17) is 4.42 Å². The minimum Gasteiger partial charge on any atom is -0.440 e. The highest BCUT2D eigenvalue weighted by Crippen LogP contribution is 2.21. The van der Waals surface area contributed by atoms with Gasteiger partial charge in [-0.2, -0.15) is 0 Å². The highest BCUT2D eigenvalue weighted by atomic mass is 16.4. The van der Waals surface area contributed by atoms with E-state index in [1.165, 1.54) is 0 Å². The van der Waals surface area contributed by atoms with E-state index in [-0.39, 0.29) is 18.4 Å². The molecule has 19 heavy (non-hydrogen) atoms. The number of rotatable bonds is 4. The second-order valence-electron chi connectivity index (χ2n) is 4.79. The average Bonchev–Trinajstić information content (AvgIpc) is 2.71. The molecule has 1 heterocycles. The number of oxazole rings is 1. The summed E-state index contributed by atoms with van der Waals surface area (Å²) in [5.74, 6) is 1.14. The minimum atomic E-state index is -0.0474. The van der Waals surface area contributed by atoms with Crippen molar-refractivity contribution in [1.82, 2.24) is 10.3 Å².